The van der Waals surface area contributed by atoms with Crippen LogP contribution in [0.2, 0.25) is 0 Å². The molecule has 1 aliphatic heterocycles. The summed E-state index contributed by atoms with van der Waals surface area (Å²) < 4.78 is 0. The van der Waals surface area contributed by atoms with E-state index in [0.29, 0.717) is 0 Å². The summed E-state index contributed by atoms with van der Waals surface area (Å²) in [7, 11) is 0. The zero-order chi connectivity index (χ0) is 15.5. The molecule has 21 heavy (non-hydrogen) atoms. The number of aromatic nitrogens is 2. The molecule has 1 aliphatic rings. The van der Waals surface area contributed by atoms with Gasteiger partial charge in [0.25, 0.3) is 0 Å². The molecule has 1 unspecified atom stereocenters. The van der Waals surface area contributed by atoms with Crippen molar-refractivity contribution >= 4 is 11.6 Å². The van der Waals surface area contributed by atoms with E-state index in [-0.39, 0.29) is 18.1 Å². The van der Waals surface area contributed by atoms with E-state index in [0.717, 1.165) is 43.4 Å². The highest BCUT2D eigenvalue weighted by Crippen LogP contribution is 2.28. The van der Waals surface area contributed by atoms with Crippen LogP contribution >= 0.6 is 0 Å². The van der Waals surface area contributed by atoms with Crippen molar-refractivity contribution in [3.8, 4) is 0 Å². The number of nitrogens with zero attached hydrogens (tertiary/aromatic N) is 3. The van der Waals surface area contributed by atoms with Crippen LogP contribution in [-0.2, 0) is 5.41 Å². The van der Waals surface area contributed by atoms with E-state index in [1.807, 2.05) is 6.07 Å². The Kier molecular flexibility index (Phi) is 5.04. The van der Waals surface area contributed by atoms with Crippen molar-refractivity contribution in [1.29, 1.82) is 0 Å². The first-order chi connectivity index (χ1) is 9.95. The summed E-state index contributed by atoms with van der Waals surface area (Å²) in [5.41, 5.74) is -0.0926. The van der Waals surface area contributed by atoms with E-state index in [4.69, 9.17) is 4.98 Å². The number of anilines is 2. The number of hydrogen-bond acceptors (Lipinski definition) is 5. The Labute approximate surface area is 127 Å². The molecule has 0 aliphatic carbocycles. The molecule has 1 saturated heterocycles. The van der Waals surface area contributed by atoms with Gasteiger partial charge in [0, 0.05) is 24.6 Å². The van der Waals surface area contributed by atoms with E-state index in [9.17, 15) is 5.11 Å². The number of aliphatic hydroxyl groups is 1. The molecule has 1 atom stereocenters. The van der Waals surface area contributed by atoms with Crippen LogP contribution in [0.3, 0.4) is 0 Å². The van der Waals surface area contributed by atoms with Crippen LogP contribution in [0.25, 0.3) is 0 Å². The minimum absolute atomic E-state index is 0.0926. The lowest BCUT2D eigenvalue weighted by atomic mass is 9.95. The zero-order valence-electron chi connectivity index (χ0n) is 13.7. The number of aliphatic hydroxyl groups excluding tert-OH is 1. The molecule has 0 aromatic carbocycles. The van der Waals surface area contributed by atoms with Crippen molar-refractivity contribution in [2.45, 2.75) is 58.4 Å². The fourth-order valence-corrected chi connectivity index (χ4v) is 2.68. The van der Waals surface area contributed by atoms with E-state index in [1.165, 1.54) is 6.42 Å². The lowest BCUT2D eigenvalue weighted by molar-refractivity contribution is 0.239. The average Bonchev–Trinajstić information content (AvgIpc) is 2.46. The van der Waals surface area contributed by atoms with Crippen LogP contribution < -0.4 is 10.2 Å². The average molecular weight is 292 g/mol. The summed E-state index contributed by atoms with van der Waals surface area (Å²) in [5, 5.41) is 12.9. The Morgan fingerprint density at radius 2 is 2.10 bits per heavy atom. The Bertz CT molecular complexity index is 470. The Hall–Kier alpha value is -1.36. The lowest BCUT2D eigenvalue weighted by Crippen LogP contribution is -2.42. The maximum atomic E-state index is 9.62. The molecule has 1 aromatic rings. The molecule has 1 fully saturated rings. The molecule has 0 spiro atoms. The minimum Gasteiger partial charge on any atom is -0.394 e. The highest BCUT2D eigenvalue weighted by molar-refractivity contribution is 5.51. The van der Waals surface area contributed by atoms with E-state index >= 15 is 0 Å². The highest BCUT2D eigenvalue weighted by atomic mass is 16.3. The number of hydrogen-bond donors (Lipinski definition) is 2. The Morgan fingerprint density at radius 1 is 1.33 bits per heavy atom. The van der Waals surface area contributed by atoms with Gasteiger partial charge in [0.05, 0.1) is 12.6 Å². The lowest BCUT2D eigenvalue weighted by Gasteiger charge is -2.36. The van der Waals surface area contributed by atoms with Crippen LogP contribution in [0, 0.1) is 0 Å². The topological polar surface area (TPSA) is 61.3 Å². The first kappa shape index (κ1) is 16.0. The first-order valence-electron chi connectivity index (χ1n) is 7.96. The highest BCUT2D eigenvalue weighted by Gasteiger charge is 2.26. The van der Waals surface area contributed by atoms with Gasteiger partial charge < -0.3 is 15.3 Å². The van der Waals surface area contributed by atoms with Crippen LogP contribution in [0.15, 0.2) is 6.07 Å². The van der Waals surface area contributed by atoms with Gasteiger partial charge >= 0.3 is 0 Å². The minimum atomic E-state index is -0.0926. The first-order valence-corrected chi connectivity index (χ1v) is 7.96. The summed E-state index contributed by atoms with van der Waals surface area (Å²) in [6.45, 7) is 10.4. The molecular weight excluding hydrogens is 264 g/mol. The van der Waals surface area contributed by atoms with Crippen LogP contribution in [0.5, 0.6) is 0 Å². The maximum Gasteiger partial charge on any atom is 0.138 e. The van der Waals surface area contributed by atoms with Gasteiger partial charge in [-0.25, -0.2) is 9.97 Å². The molecule has 5 nitrogen and oxygen atoms in total. The predicted octanol–water partition coefficient (Wildman–Crippen LogP) is 2.56. The van der Waals surface area contributed by atoms with Crippen LogP contribution in [0.1, 0.15) is 52.8 Å². The smallest absolute Gasteiger partial charge is 0.138 e. The second-order valence-electron chi connectivity index (χ2n) is 6.74. The summed E-state index contributed by atoms with van der Waals surface area (Å²) in [6, 6.07) is 2.18. The van der Waals surface area contributed by atoms with Crippen LogP contribution in [-0.4, -0.2) is 40.8 Å². The molecule has 0 saturated carbocycles. The summed E-state index contributed by atoms with van der Waals surface area (Å²) in [4.78, 5) is 11.6. The van der Waals surface area contributed by atoms with Crippen molar-refractivity contribution in [3.63, 3.8) is 0 Å². The standard InChI is InChI=1S/C16H28N4O/c1-5-17-13-10-14(19-15(18-13)16(2,3)4)20-9-7-6-8-12(20)11-21/h10,12,21H,5-9,11H2,1-4H3,(H,17,18,19). The van der Waals surface area contributed by atoms with Gasteiger partial charge in [0.1, 0.15) is 17.5 Å². The van der Waals surface area contributed by atoms with Crippen molar-refractivity contribution in [1.82, 2.24) is 9.97 Å². The maximum absolute atomic E-state index is 9.62. The normalized spacial score (nSPS) is 19.7. The largest absolute Gasteiger partial charge is 0.394 e. The quantitative estimate of drug-likeness (QED) is 0.893. The fraction of sp³-hybridized carbons (Fsp3) is 0.750. The van der Waals surface area contributed by atoms with Crippen molar-refractivity contribution in [2.24, 2.45) is 0 Å². The van der Waals surface area contributed by atoms with E-state index in [2.05, 4.69) is 42.9 Å². The second-order valence-corrected chi connectivity index (χ2v) is 6.74. The summed E-state index contributed by atoms with van der Waals surface area (Å²) in [5.74, 6) is 2.65. The molecule has 2 N–H and O–H groups in total. The van der Waals surface area contributed by atoms with Crippen molar-refractivity contribution in [3.05, 3.63) is 11.9 Å². The number of nitrogens with one attached hydrogen (secondary N) is 1. The van der Waals surface area contributed by atoms with E-state index < -0.39 is 0 Å². The molecule has 0 bridgehead atoms. The van der Waals surface area contributed by atoms with Gasteiger partial charge in [0.2, 0.25) is 0 Å². The Morgan fingerprint density at radius 3 is 2.71 bits per heavy atom. The third-order valence-corrected chi connectivity index (χ3v) is 3.87. The Balaban J connectivity index is 2.38. The van der Waals surface area contributed by atoms with Crippen LogP contribution in [0.4, 0.5) is 11.6 Å². The predicted molar refractivity (Wildman–Crippen MR) is 87.0 cm³/mol. The fourth-order valence-electron chi connectivity index (χ4n) is 2.68. The van der Waals surface area contributed by atoms with Crippen molar-refractivity contribution in [2.75, 3.05) is 29.9 Å². The molecule has 1 aromatic heterocycles. The van der Waals surface area contributed by atoms with Gasteiger partial charge in [-0.05, 0) is 26.2 Å². The van der Waals surface area contributed by atoms with Gasteiger partial charge in [-0.1, -0.05) is 20.8 Å². The molecule has 2 rings (SSSR count). The molecule has 0 amide bonds. The third kappa shape index (κ3) is 3.84. The SMILES string of the molecule is CCNc1cc(N2CCCCC2CO)nc(C(C)(C)C)n1. The van der Waals surface area contributed by atoms with Gasteiger partial charge in [-0.3, -0.25) is 0 Å². The second kappa shape index (κ2) is 6.60. The molecule has 118 valence electrons. The number of rotatable bonds is 4. The summed E-state index contributed by atoms with van der Waals surface area (Å²) >= 11 is 0. The van der Waals surface area contributed by atoms with Gasteiger partial charge in [-0.15, -0.1) is 0 Å². The molecular formula is C16H28N4O. The van der Waals surface area contributed by atoms with Crippen molar-refractivity contribution < 1.29 is 5.11 Å². The zero-order valence-corrected chi connectivity index (χ0v) is 13.7. The monoisotopic (exact) mass is 292 g/mol. The third-order valence-electron chi connectivity index (χ3n) is 3.87. The number of piperidine rings is 1. The molecule has 0 radical (unpaired) electrons. The van der Waals surface area contributed by atoms with Gasteiger partial charge in [-0.2, -0.15) is 0 Å². The van der Waals surface area contributed by atoms with E-state index in [1.54, 1.807) is 0 Å². The molecule has 5 heteroatoms. The van der Waals surface area contributed by atoms with Gasteiger partial charge in [0.15, 0.2) is 0 Å². The molecule has 2 heterocycles. The summed E-state index contributed by atoms with van der Waals surface area (Å²) in [6.07, 6.45) is 3.36.